The molecule has 1 N–H and O–H groups in total. The molecule has 2 aliphatic rings. The first kappa shape index (κ1) is 21.2. The largest absolute Gasteiger partial charge is 0.486 e. The maximum atomic E-state index is 12.4. The first-order valence-electron chi connectivity index (χ1n) is 10.7. The van der Waals surface area contributed by atoms with Crippen LogP contribution in [0.5, 0.6) is 11.5 Å². The number of carbonyl (C=O) groups excluding carboxylic acids is 2. The second kappa shape index (κ2) is 9.83. The molecule has 0 aliphatic carbocycles. The number of amides is 1. The van der Waals surface area contributed by atoms with Crippen LogP contribution in [0.15, 0.2) is 48.5 Å². The standard InChI is InChI=1S/C24H28N2O5/c1-29-24(28)18-8-6-17(7-9-18)14-25-13-12-19-10-11-23(27)26(19)15-20-16-30-21-4-2-3-5-22(21)31-20/h2-9,19-20,25H,10-16H2,1H3/t19-,20+/m1/s1. The topological polar surface area (TPSA) is 77.1 Å². The van der Waals surface area contributed by atoms with E-state index < -0.39 is 0 Å². The Morgan fingerprint density at radius 3 is 2.71 bits per heavy atom. The lowest BCUT2D eigenvalue weighted by molar-refractivity contribution is -0.130. The fourth-order valence-corrected chi connectivity index (χ4v) is 4.09. The number of nitrogens with one attached hydrogen (secondary N) is 1. The van der Waals surface area contributed by atoms with Gasteiger partial charge in [-0.3, -0.25) is 4.79 Å². The highest BCUT2D eigenvalue weighted by molar-refractivity contribution is 5.89. The molecular formula is C24H28N2O5. The number of methoxy groups -OCH3 is 1. The summed E-state index contributed by atoms with van der Waals surface area (Å²) >= 11 is 0. The van der Waals surface area contributed by atoms with Gasteiger partial charge in [0.25, 0.3) is 0 Å². The summed E-state index contributed by atoms with van der Waals surface area (Å²) in [5.41, 5.74) is 1.64. The van der Waals surface area contributed by atoms with E-state index >= 15 is 0 Å². The third kappa shape index (κ3) is 5.17. The normalized spacial score (nSPS) is 20.0. The molecule has 2 aromatic rings. The minimum Gasteiger partial charge on any atom is -0.486 e. The van der Waals surface area contributed by atoms with Gasteiger partial charge in [-0.1, -0.05) is 24.3 Å². The van der Waals surface area contributed by atoms with E-state index in [-0.39, 0.29) is 24.0 Å². The summed E-state index contributed by atoms with van der Waals surface area (Å²) in [5.74, 6) is 1.35. The zero-order valence-corrected chi connectivity index (χ0v) is 17.7. The average molecular weight is 424 g/mol. The molecule has 31 heavy (non-hydrogen) atoms. The highest BCUT2D eigenvalue weighted by Gasteiger charge is 2.34. The number of para-hydroxylation sites is 2. The summed E-state index contributed by atoms with van der Waals surface area (Å²) in [7, 11) is 1.38. The van der Waals surface area contributed by atoms with Crippen LogP contribution in [0.3, 0.4) is 0 Å². The quantitative estimate of drug-likeness (QED) is 0.519. The van der Waals surface area contributed by atoms with Crippen LogP contribution in [0.4, 0.5) is 0 Å². The summed E-state index contributed by atoms with van der Waals surface area (Å²) < 4.78 is 16.6. The van der Waals surface area contributed by atoms with E-state index in [1.165, 1.54) is 7.11 Å². The molecule has 7 nitrogen and oxygen atoms in total. The van der Waals surface area contributed by atoms with E-state index in [4.69, 9.17) is 14.2 Å². The van der Waals surface area contributed by atoms with Crippen LogP contribution >= 0.6 is 0 Å². The van der Waals surface area contributed by atoms with E-state index in [9.17, 15) is 9.59 Å². The van der Waals surface area contributed by atoms with E-state index in [1.807, 2.05) is 41.3 Å². The molecule has 4 rings (SSSR count). The molecule has 0 saturated carbocycles. The predicted molar refractivity (Wildman–Crippen MR) is 115 cm³/mol. The number of nitrogens with zero attached hydrogens (tertiary/aromatic N) is 1. The number of likely N-dealkylation sites (tertiary alicyclic amines) is 1. The van der Waals surface area contributed by atoms with Crippen molar-refractivity contribution in [1.29, 1.82) is 0 Å². The number of fused-ring (bicyclic) bond motifs is 1. The minimum atomic E-state index is -0.332. The van der Waals surface area contributed by atoms with Crippen LogP contribution in [0.25, 0.3) is 0 Å². The van der Waals surface area contributed by atoms with Crippen LogP contribution in [0.1, 0.15) is 35.2 Å². The first-order chi connectivity index (χ1) is 15.1. The highest BCUT2D eigenvalue weighted by Crippen LogP contribution is 2.32. The zero-order chi connectivity index (χ0) is 21.6. The molecule has 1 fully saturated rings. The van der Waals surface area contributed by atoms with Crippen molar-refractivity contribution in [3.63, 3.8) is 0 Å². The average Bonchev–Trinajstić information content (AvgIpc) is 3.15. The lowest BCUT2D eigenvalue weighted by Crippen LogP contribution is -2.45. The number of carbonyl (C=O) groups is 2. The molecule has 0 bridgehead atoms. The Kier molecular flexibility index (Phi) is 6.72. The number of rotatable bonds is 8. The van der Waals surface area contributed by atoms with E-state index in [0.29, 0.717) is 31.7 Å². The van der Waals surface area contributed by atoms with Crippen molar-refractivity contribution in [3.05, 3.63) is 59.7 Å². The van der Waals surface area contributed by atoms with Crippen molar-refractivity contribution in [3.8, 4) is 11.5 Å². The van der Waals surface area contributed by atoms with E-state index in [2.05, 4.69) is 5.32 Å². The molecular weight excluding hydrogens is 396 g/mol. The molecule has 2 aliphatic heterocycles. The van der Waals surface area contributed by atoms with Crippen LogP contribution < -0.4 is 14.8 Å². The Morgan fingerprint density at radius 1 is 1.16 bits per heavy atom. The molecule has 1 amide bonds. The van der Waals surface area contributed by atoms with Gasteiger partial charge in [0.15, 0.2) is 17.6 Å². The summed E-state index contributed by atoms with van der Waals surface area (Å²) in [4.78, 5) is 25.9. The van der Waals surface area contributed by atoms with Crippen molar-refractivity contribution in [1.82, 2.24) is 10.2 Å². The van der Waals surface area contributed by atoms with Crippen LogP contribution in [0, 0.1) is 0 Å². The highest BCUT2D eigenvalue weighted by atomic mass is 16.6. The Labute approximate surface area is 182 Å². The van der Waals surface area contributed by atoms with Crippen LogP contribution in [-0.4, -0.2) is 55.7 Å². The molecule has 0 spiro atoms. The van der Waals surface area contributed by atoms with Crippen LogP contribution in [0.2, 0.25) is 0 Å². The molecule has 0 aromatic heterocycles. The Morgan fingerprint density at radius 2 is 1.94 bits per heavy atom. The van der Waals surface area contributed by atoms with Gasteiger partial charge in [0.2, 0.25) is 5.91 Å². The third-order valence-corrected chi connectivity index (χ3v) is 5.78. The van der Waals surface area contributed by atoms with Crippen molar-refractivity contribution in [2.75, 3.05) is 26.8 Å². The smallest absolute Gasteiger partial charge is 0.337 e. The van der Waals surface area contributed by atoms with Gasteiger partial charge >= 0.3 is 5.97 Å². The Balaban J connectivity index is 1.24. The van der Waals surface area contributed by atoms with E-state index in [0.717, 1.165) is 36.4 Å². The molecule has 0 unspecified atom stereocenters. The van der Waals surface area contributed by atoms with Gasteiger partial charge in [-0.25, -0.2) is 4.79 Å². The van der Waals surface area contributed by atoms with Gasteiger partial charge in [-0.15, -0.1) is 0 Å². The van der Waals surface area contributed by atoms with Crippen LogP contribution in [-0.2, 0) is 16.1 Å². The minimum absolute atomic E-state index is 0.152. The van der Waals surface area contributed by atoms with Gasteiger partial charge in [0.1, 0.15) is 6.61 Å². The lowest BCUT2D eigenvalue weighted by atomic mass is 10.1. The number of benzene rings is 2. The summed E-state index contributed by atoms with van der Waals surface area (Å²) in [6.07, 6.45) is 2.19. The summed E-state index contributed by atoms with van der Waals surface area (Å²) in [5, 5.41) is 3.43. The van der Waals surface area contributed by atoms with Gasteiger partial charge in [-0.05, 0) is 49.2 Å². The lowest BCUT2D eigenvalue weighted by Gasteiger charge is -2.32. The fraction of sp³-hybridized carbons (Fsp3) is 0.417. The molecule has 2 aromatic carbocycles. The maximum absolute atomic E-state index is 12.4. The number of ether oxygens (including phenoxy) is 3. The molecule has 2 atom stereocenters. The van der Waals surface area contributed by atoms with Crippen molar-refractivity contribution in [2.45, 2.75) is 38.0 Å². The SMILES string of the molecule is COC(=O)c1ccc(CNCC[C@H]2CCC(=O)N2C[C@H]2COc3ccccc3O2)cc1. The number of hydrogen-bond donors (Lipinski definition) is 1. The second-order valence-corrected chi connectivity index (χ2v) is 7.89. The molecule has 1 saturated heterocycles. The van der Waals surface area contributed by atoms with Crippen molar-refractivity contribution >= 4 is 11.9 Å². The number of esters is 1. The fourth-order valence-electron chi connectivity index (χ4n) is 4.09. The third-order valence-electron chi connectivity index (χ3n) is 5.78. The predicted octanol–water partition coefficient (Wildman–Crippen LogP) is 2.78. The van der Waals surface area contributed by atoms with Gasteiger partial charge in [-0.2, -0.15) is 0 Å². The first-order valence-corrected chi connectivity index (χ1v) is 10.7. The van der Waals surface area contributed by atoms with Gasteiger partial charge < -0.3 is 24.4 Å². The monoisotopic (exact) mass is 424 g/mol. The maximum Gasteiger partial charge on any atom is 0.337 e. The van der Waals surface area contributed by atoms with Crippen molar-refractivity contribution in [2.24, 2.45) is 0 Å². The van der Waals surface area contributed by atoms with E-state index in [1.54, 1.807) is 12.1 Å². The van der Waals surface area contributed by atoms with Gasteiger partial charge in [0, 0.05) is 19.0 Å². The Hall–Kier alpha value is -3.06. The molecule has 164 valence electrons. The summed E-state index contributed by atoms with van der Waals surface area (Å²) in [6.45, 7) is 2.51. The summed E-state index contributed by atoms with van der Waals surface area (Å²) in [6, 6.07) is 15.2. The molecule has 2 heterocycles. The van der Waals surface area contributed by atoms with Crippen molar-refractivity contribution < 1.29 is 23.8 Å². The second-order valence-electron chi connectivity index (χ2n) is 7.89. The number of hydrogen-bond acceptors (Lipinski definition) is 6. The van der Waals surface area contributed by atoms with Gasteiger partial charge in [0.05, 0.1) is 19.2 Å². The zero-order valence-electron chi connectivity index (χ0n) is 17.7. The molecule has 7 heteroatoms. The Bertz CT molecular complexity index is 914. The molecule has 0 radical (unpaired) electrons.